The lowest BCUT2D eigenvalue weighted by atomic mass is 10.0. The van der Waals surface area contributed by atoms with Gasteiger partial charge in [-0.25, -0.2) is 9.97 Å². The van der Waals surface area contributed by atoms with E-state index in [1.54, 1.807) is 18.2 Å². The molecule has 5 rings (SSSR count). The normalized spacial score (nSPS) is 14.4. The summed E-state index contributed by atoms with van der Waals surface area (Å²) in [7, 11) is 0. The van der Waals surface area contributed by atoms with Crippen LogP contribution in [-0.2, 0) is 13.0 Å². The minimum absolute atomic E-state index is 0.0723. The molecule has 2 heterocycles. The van der Waals surface area contributed by atoms with Crippen LogP contribution in [-0.4, -0.2) is 47.5 Å². The number of fused-ring (bicyclic) bond motifs is 1. The van der Waals surface area contributed by atoms with Gasteiger partial charge in [-0.2, -0.15) is 5.21 Å². The van der Waals surface area contributed by atoms with E-state index < -0.39 is 5.91 Å². The fourth-order valence-corrected chi connectivity index (χ4v) is 4.22. The summed E-state index contributed by atoms with van der Waals surface area (Å²) in [5.41, 5.74) is 3.88. The Morgan fingerprint density at radius 3 is 2.69 bits per heavy atom. The highest BCUT2D eigenvalue weighted by molar-refractivity contribution is 9.10. The number of carbonyl (C=O) groups excluding carboxylic acids is 2. The fraction of sp³-hybridized carbons (Fsp3) is 0.174. The first-order valence-corrected chi connectivity index (χ1v) is 11.5. The number of phenolic OH excluding ortho intramolecular Hbond substituents is 1. The maximum absolute atomic E-state index is 12.9. The minimum Gasteiger partial charge on any atom is -0.507 e. The lowest BCUT2D eigenvalue weighted by Gasteiger charge is -2.14. The van der Waals surface area contributed by atoms with Crippen molar-refractivity contribution in [3.8, 4) is 17.1 Å². The second-order valence-corrected chi connectivity index (χ2v) is 8.82. The number of aromatic hydroxyl groups is 1. The van der Waals surface area contributed by atoms with Crippen molar-refractivity contribution >= 4 is 27.7 Å². The topological polar surface area (TPSA) is 159 Å². The molecule has 1 aliphatic rings. The number of hydrogen-bond acceptors (Lipinski definition) is 8. The number of phenols is 1. The summed E-state index contributed by atoms with van der Waals surface area (Å²) in [5.74, 6) is -0.246. The molecule has 0 radical (unpaired) electrons. The number of nitrogens with zero attached hydrogens (tertiary/aromatic N) is 5. The Morgan fingerprint density at radius 2 is 1.91 bits per heavy atom. The van der Waals surface area contributed by atoms with Gasteiger partial charge in [-0.05, 0) is 68.9 Å². The van der Waals surface area contributed by atoms with Gasteiger partial charge in [0.2, 0.25) is 5.82 Å². The molecule has 0 bridgehead atoms. The van der Waals surface area contributed by atoms with E-state index >= 15 is 0 Å². The van der Waals surface area contributed by atoms with Crippen molar-refractivity contribution in [3.05, 3.63) is 81.3 Å². The molecule has 0 spiro atoms. The standard InChI is InChI=1S/C23H19BrN8O3/c24-16-5-1-12(7-20(16)33)10-25-22(34)18-9-19(27-11-26-18)23(35)28-17-6-3-13-8-14(2-4-15(13)17)21-29-31-32-30-21/h1-2,4-5,7-9,11,17,33H,3,6,10H2,(H,25,34)(H,28,35)(H,29,30,31,32)/t17-/m0/s1. The van der Waals surface area contributed by atoms with Gasteiger partial charge in [-0.1, -0.05) is 18.2 Å². The van der Waals surface area contributed by atoms with Crippen molar-refractivity contribution < 1.29 is 14.7 Å². The molecule has 12 heteroatoms. The largest absolute Gasteiger partial charge is 0.507 e. The zero-order chi connectivity index (χ0) is 24.4. The van der Waals surface area contributed by atoms with Crippen LogP contribution in [0.1, 0.15) is 50.1 Å². The monoisotopic (exact) mass is 534 g/mol. The Kier molecular flexibility index (Phi) is 6.19. The summed E-state index contributed by atoms with van der Waals surface area (Å²) in [6, 6.07) is 12.1. The van der Waals surface area contributed by atoms with Gasteiger partial charge in [0.1, 0.15) is 23.5 Å². The molecule has 2 aromatic heterocycles. The second kappa shape index (κ2) is 9.58. The van der Waals surface area contributed by atoms with Gasteiger partial charge < -0.3 is 15.7 Å². The molecular formula is C23H19BrN8O3. The Morgan fingerprint density at radius 1 is 1.09 bits per heavy atom. The Bertz CT molecular complexity index is 1410. The average Bonchev–Trinajstić information content (AvgIpc) is 3.55. The minimum atomic E-state index is -0.455. The number of carbonyl (C=O) groups is 2. The summed E-state index contributed by atoms with van der Waals surface area (Å²) >= 11 is 3.22. The average molecular weight is 535 g/mol. The van der Waals surface area contributed by atoms with Crippen LogP contribution in [0, 0.1) is 0 Å². The molecule has 0 saturated heterocycles. The summed E-state index contributed by atoms with van der Waals surface area (Å²) in [4.78, 5) is 33.5. The molecule has 4 aromatic rings. The van der Waals surface area contributed by atoms with E-state index in [1.165, 1.54) is 12.4 Å². The van der Waals surface area contributed by atoms with Crippen molar-refractivity contribution in [1.82, 2.24) is 41.2 Å². The second-order valence-electron chi connectivity index (χ2n) is 7.97. The molecule has 11 nitrogen and oxygen atoms in total. The van der Waals surface area contributed by atoms with Crippen molar-refractivity contribution in [2.75, 3.05) is 0 Å². The van der Waals surface area contributed by atoms with Crippen molar-refractivity contribution in [1.29, 1.82) is 0 Å². The maximum Gasteiger partial charge on any atom is 0.270 e. The number of benzene rings is 2. The van der Waals surface area contributed by atoms with E-state index in [0.29, 0.717) is 15.9 Å². The van der Waals surface area contributed by atoms with Crippen LogP contribution in [0.15, 0.2) is 53.3 Å². The first-order chi connectivity index (χ1) is 17.0. The third kappa shape index (κ3) is 4.87. The van der Waals surface area contributed by atoms with E-state index in [-0.39, 0.29) is 35.6 Å². The van der Waals surface area contributed by atoms with Gasteiger partial charge in [0.15, 0.2) is 0 Å². The van der Waals surface area contributed by atoms with Gasteiger partial charge >= 0.3 is 0 Å². The summed E-state index contributed by atoms with van der Waals surface area (Å²) < 4.78 is 0.566. The van der Waals surface area contributed by atoms with Crippen molar-refractivity contribution in [3.63, 3.8) is 0 Å². The van der Waals surface area contributed by atoms with Crippen LogP contribution < -0.4 is 10.6 Å². The molecule has 1 atom stereocenters. The Labute approximate surface area is 207 Å². The van der Waals surface area contributed by atoms with Crippen LogP contribution in [0.25, 0.3) is 11.4 Å². The first-order valence-electron chi connectivity index (χ1n) is 10.7. The van der Waals surface area contributed by atoms with E-state index in [0.717, 1.165) is 29.5 Å². The number of aromatic amines is 1. The molecule has 4 N–H and O–H groups in total. The number of aryl methyl sites for hydroxylation is 1. The highest BCUT2D eigenvalue weighted by Crippen LogP contribution is 2.33. The van der Waals surface area contributed by atoms with Crippen LogP contribution in [0.2, 0.25) is 0 Å². The van der Waals surface area contributed by atoms with Crippen molar-refractivity contribution in [2.24, 2.45) is 0 Å². The number of rotatable bonds is 6. The molecule has 0 saturated carbocycles. The summed E-state index contributed by atoms with van der Waals surface area (Å²) in [6.07, 6.45) is 2.74. The molecule has 176 valence electrons. The third-order valence-corrected chi connectivity index (χ3v) is 6.40. The van der Waals surface area contributed by atoms with Gasteiger partial charge in [-0.15, -0.1) is 10.2 Å². The highest BCUT2D eigenvalue weighted by Gasteiger charge is 2.26. The fourth-order valence-electron chi connectivity index (χ4n) is 3.97. The number of amides is 2. The lowest BCUT2D eigenvalue weighted by Crippen LogP contribution is -2.29. The molecule has 0 unspecified atom stereocenters. The third-order valence-electron chi connectivity index (χ3n) is 5.73. The Balaban J connectivity index is 1.24. The molecule has 0 aliphatic heterocycles. The summed E-state index contributed by atoms with van der Waals surface area (Å²) in [6.45, 7) is 0.190. The highest BCUT2D eigenvalue weighted by atomic mass is 79.9. The number of aromatic nitrogens is 6. The zero-order valence-corrected chi connectivity index (χ0v) is 19.8. The predicted octanol–water partition coefficient (Wildman–Crippen LogP) is 2.47. The Hall–Kier alpha value is -4.19. The van der Waals surface area contributed by atoms with Crippen LogP contribution in [0.4, 0.5) is 0 Å². The predicted molar refractivity (Wildman–Crippen MR) is 127 cm³/mol. The first kappa shape index (κ1) is 22.6. The molecule has 35 heavy (non-hydrogen) atoms. The van der Waals surface area contributed by atoms with Gasteiger partial charge in [0.05, 0.1) is 10.5 Å². The van der Waals surface area contributed by atoms with Gasteiger partial charge in [0, 0.05) is 18.2 Å². The van der Waals surface area contributed by atoms with E-state index in [2.05, 4.69) is 57.2 Å². The molecule has 2 aromatic carbocycles. The van der Waals surface area contributed by atoms with E-state index in [1.807, 2.05) is 18.2 Å². The number of tetrazole rings is 1. The quantitative estimate of drug-likeness (QED) is 0.293. The van der Waals surface area contributed by atoms with E-state index in [4.69, 9.17) is 0 Å². The zero-order valence-electron chi connectivity index (χ0n) is 18.2. The van der Waals surface area contributed by atoms with Crippen LogP contribution in [0.5, 0.6) is 5.75 Å². The molecular weight excluding hydrogens is 516 g/mol. The number of halogens is 1. The SMILES string of the molecule is O=C(NCc1ccc(Br)c(O)c1)c1cc(C(=O)N[C@H]2CCc3cc(-c4nn[nH]n4)ccc32)ncn1. The lowest BCUT2D eigenvalue weighted by molar-refractivity contribution is 0.0931. The summed E-state index contributed by atoms with van der Waals surface area (Å²) in [5, 5.41) is 29.5. The molecule has 2 amide bonds. The molecule has 1 aliphatic carbocycles. The van der Waals surface area contributed by atoms with E-state index in [9.17, 15) is 14.7 Å². The maximum atomic E-state index is 12.9. The number of H-pyrrole nitrogens is 1. The smallest absolute Gasteiger partial charge is 0.270 e. The van der Waals surface area contributed by atoms with Crippen molar-refractivity contribution in [2.45, 2.75) is 25.4 Å². The van der Waals surface area contributed by atoms with Gasteiger partial charge in [0.25, 0.3) is 11.8 Å². The number of nitrogens with one attached hydrogen (secondary N) is 3. The van der Waals surface area contributed by atoms with Gasteiger partial charge in [-0.3, -0.25) is 9.59 Å². The van der Waals surface area contributed by atoms with Crippen LogP contribution in [0.3, 0.4) is 0 Å². The van der Waals surface area contributed by atoms with Crippen LogP contribution >= 0.6 is 15.9 Å². The number of hydrogen-bond donors (Lipinski definition) is 4. The molecule has 0 fully saturated rings.